The molecular weight excluding hydrogens is 372 g/mol. The lowest BCUT2D eigenvalue weighted by atomic mass is 10.2. The SMILES string of the molecule is COc1ccccc1SCC(=O)c1cc(C)n(NC(=O)c2ccccc2)c1C. The van der Waals surface area contributed by atoms with Gasteiger partial charge in [-0.3, -0.25) is 19.7 Å². The molecule has 3 rings (SSSR count). The Hall–Kier alpha value is -2.99. The van der Waals surface area contributed by atoms with Crippen molar-refractivity contribution in [3.8, 4) is 5.75 Å². The van der Waals surface area contributed by atoms with Crippen molar-refractivity contribution < 1.29 is 14.3 Å². The van der Waals surface area contributed by atoms with Crippen molar-refractivity contribution in [3.05, 3.63) is 83.2 Å². The first-order valence-electron chi connectivity index (χ1n) is 8.85. The van der Waals surface area contributed by atoms with Crippen LogP contribution in [0.3, 0.4) is 0 Å². The number of carbonyl (C=O) groups excluding carboxylic acids is 2. The molecule has 1 heterocycles. The van der Waals surface area contributed by atoms with Crippen LogP contribution in [0, 0.1) is 13.8 Å². The normalized spacial score (nSPS) is 10.5. The molecule has 3 aromatic rings. The monoisotopic (exact) mass is 394 g/mol. The number of thioether (sulfide) groups is 1. The minimum atomic E-state index is -0.218. The Balaban J connectivity index is 1.73. The Bertz CT molecular complexity index is 996. The number of hydrogen-bond acceptors (Lipinski definition) is 4. The number of para-hydroxylation sites is 1. The molecule has 0 atom stereocenters. The van der Waals surface area contributed by atoms with E-state index in [1.165, 1.54) is 11.8 Å². The Morgan fingerprint density at radius 1 is 1.04 bits per heavy atom. The fourth-order valence-corrected chi connectivity index (χ4v) is 3.84. The van der Waals surface area contributed by atoms with E-state index < -0.39 is 0 Å². The molecule has 1 N–H and O–H groups in total. The van der Waals surface area contributed by atoms with Gasteiger partial charge in [0, 0.05) is 27.4 Å². The molecule has 0 aliphatic carbocycles. The number of methoxy groups -OCH3 is 1. The maximum absolute atomic E-state index is 12.8. The standard InChI is InChI=1S/C22H22N2O3S/c1-15-13-18(19(25)14-28-21-12-8-7-11-20(21)27-3)16(2)24(15)23-22(26)17-9-5-4-6-10-17/h4-13H,14H2,1-3H3,(H,23,26). The quantitative estimate of drug-likeness (QED) is 0.474. The van der Waals surface area contributed by atoms with Crippen LogP contribution in [-0.2, 0) is 0 Å². The molecule has 0 bridgehead atoms. The number of aryl methyl sites for hydroxylation is 1. The lowest BCUT2D eigenvalue weighted by Gasteiger charge is -2.12. The number of Topliss-reactive ketones (excluding diaryl/α,β-unsaturated/α-hetero) is 1. The van der Waals surface area contributed by atoms with Crippen molar-refractivity contribution in [2.75, 3.05) is 18.3 Å². The fourth-order valence-electron chi connectivity index (χ4n) is 2.93. The van der Waals surface area contributed by atoms with E-state index >= 15 is 0 Å². The van der Waals surface area contributed by atoms with Crippen LogP contribution in [0.1, 0.15) is 32.1 Å². The first kappa shape index (κ1) is 19.8. The number of rotatable bonds is 7. The van der Waals surface area contributed by atoms with E-state index in [4.69, 9.17) is 4.74 Å². The highest BCUT2D eigenvalue weighted by molar-refractivity contribution is 8.00. The van der Waals surface area contributed by atoms with Gasteiger partial charge in [-0.2, -0.15) is 0 Å². The van der Waals surface area contributed by atoms with Crippen molar-refractivity contribution in [2.24, 2.45) is 0 Å². The predicted molar refractivity (Wildman–Crippen MR) is 112 cm³/mol. The van der Waals surface area contributed by atoms with E-state index in [1.54, 1.807) is 23.9 Å². The van der Waals surface area contributed by atoms with Gasteiger partial charge in [-0.05, 0) is 44.2 Å². The molecule has 0 aliphatic heterocycles. The van der Waals surface area contributed by atoms with Gasteiger partial charge in [-0.1, -0.05) is 30.3 Å². The summed E-state index contributed by atoms with van der Waals surface area (Å²) in [5.41, 5.74) is 5.54. The third-order valence-corrected chi connectivity index (χ3v) is 5.46. The van der Waals surface area contributed by atoms with Crippen LogP contribution >= 0.6 is 11.8 Å². The molecule has 144 valence electrons. The van der Waals surface area contributed by atoms with Gasteiger partial charge in [0.15, 0.2) is 5.78 Å². The second-order valence-electron chi connectivity index (χ2n) is 6.29. The Morgan fingerprint density at radius 3 is 2.43 bits per heavy atom. The minimum Gasteiger partial charge on any atom is -0.496 e. The highest BCUT2D eigenvalue weighted by atomic mass is 32.2. The summed E-state index contributed by atoms with van der Waals surface area (Å²) < 4.78 is 7.00. The van der Waals surface area contributed by atoms with Crippen molar-refractivity contribution >= 4 is 23.5 Å². The van der Waals surface area contributed by atoms with Gasteiger partial charge in [-0.15, -0.1) is 11.8 Å². The lowest BCUT2D eigenvalue weighted by molar-refractivity contribution is 0.0999. The maximum atomic E-state index is 12.8. The van der Waals surface area contributed by atoms with Crippen LogP contribution < -0.4 is 10.2 Å². The van der Waals surface area contributed by atoms with Gasteiger partial charge in [0.25, 0.3) is 5.91 Å². The molecule has 0 saturated carbocycles. The number of aromatic nitrogens is 1. The molecule has 0 unspecified atom stereocenters. The molecule has 2 aromatic carbocycles. The van der Waals surface area contributed by atoms with Gasteiger partial charge in [0.05, 0.1) is 12.9 Å². The predicted octanol–water partition coefficient (Wildman–Crippen LogP) is 4.47. The van der Waals surface area contributed by atoms with Crippen LogP contribution in [0.15, 0.2) is 65.6 Å². The molecule has 0 fully saturated rings. The second-order valence-corrected chi connectivity index (χ2v) is 7.31. The molecule has 1 aromatic heterocycles. The highest BCUT2D eigenvalue weighted by Gasteiger charge is 2.18. The maximum Gasteiger partial charge on any atom is 0.270 e. The van der Waals surface area contributed by atoms with E-state index in [-0.39, 0.29) is 17.4 Å². The Kier molecular flexibility index (Phi) is 6.21. The summed E-state index contributed by atoms with van der Waals surface area (Å²) in [4.78, 5) is 26.1. The molecule has 0 radical (unpaired) electrons. The van der Waals surface area contributed by atoms with Gasteiger partial charge in [0.2, 0.25) is 0 Å². The average molecular weight is 394 g/mol. The highest BCUT2D eigenvalue weighted by Crippen LogP contribution is 2.29. The van der Waals surface area contributed by atoms with Crippen LogP contribution in [0.2, 0.25) is 0 Å². The van der Waals surface area contributed by atoms with Gasteiger partial charge < -0.3 is 4.74 Å². The number of nitrogens with one attached hydrogen (secondary N) is 1. The number of hydrogen-bond donors (Lipinski definition) is 1. The fraction of sp³-hybridized carbons (Fsp3) is 0.182. The zero-order valence-corrected chi connectivity index (χ0v) is 16.9. The van der Waals surface area contributed by atoms with E-state index in [0.29, 0.717) is 16.8 Å². The Morgan fingerprint density at radius 2 is 1.71 bits per heavy atom. The Labute approximate surface area is 168 Å². The summed E-state index contributed by atoms with van der Waals surface area (Å²) in [5, 5.41) is 0. The van der Waals surface area contributed by atoms with Gasteiger partial charge in [0.1, 0.15) is 5.75 Å². The third kappa shape index (κ3) is 4.28. The summed E-state index contributed by atoms with van der Waals surface area (Å²) in [6.45, 7) is 3.70. The smallest absolute Gasteiger partial charge is 0.270 e. The zero-order chi connectivity index (χ0) is 20.1. The molecule has 28 heavy (non-hydrogen) atoms. The van der Waals surface area contributed by atoms with Crippen LogP contribution in [0.4, 0.5) is 0 Å². The van der Waals surface area contributed by atoms with E-state index in [0.717, 1.165) is 16.3 Å². The van der Waals surface area contributed by atoms with E-state index in [1.807, 2.05) is 62.4 Å². The average Bonchev–Trinajstić information content (AvgIpc) is 3.01. The summed E-state index contributed by atoms with van der Waals surface area (Å²) >= 11 is 1.44. The largest absolute Gasteiger partial charge is 0.496 e. The summed E-state index contributed by atoms with van der Waals surface area (Å²) in [6, 6.07) is 18.4. The topological polar surface area (TPSA) is 60.3 Å². The molecule has 1 amide bonds. The minimum absolute atomic E-state index is 0.00390. The first-order valence-corrected chi connectivity index (χ1v) is 9.84. The molecule has 5 nitrogen and oxygen atoms in total. The molecular formula is C22H22N2O3S. The van der Waals surface area contributed by atoms with Crippen molar-refractivity contribution in [1.82, 2.24) is 4.68 Å². The number of benzene rings is 2. The van der Waals surface area contributed by atoms with Crippen LogP contribution in [0.25, 0.3) is 0 Å². The number of ether oxygens (including phenoxy) is 1. The number of amides is 1. The lowest BCUT2D eigenvalue weighted by Crippen LogP contribution is -2.25. The zero-order valence-electron chi connectivity index (χ0n) is 16.1. The van der Waals surface area contributed by atoms with Crippen molar-refractivity contribution in [2.45, 2.75) is 18.7 Å². The third-order valence-electron chi connectivity index (χ3n) is 4.41. The van der Waals surface area contributed by atoms with Crippen molar-refractivity contribution in [1.29, 1.82) is 0 Å². The molecule has 0 spiro atoms. The second kappa shape index (κ2) is 8.80. The summed E-state index contributed by atoms with van der Waals surface area (Å²) in [6.07, 6.45) is 0. The van der Waals surface area contributed by atoms with Crippen molar-refractivity contribution in [3.63, 3.8) is 0 Å². The number of nitrogens with zero attached hydrogens (tertiary/aromatic N) is 1. The number of ketones is 1. The molecule has 6 heteroatoms. The molecule has 0 aliphatic rings. The number of carbonyl (C=O) groups is 2. The van der Waals surface area contributed by atoms with Gasteiger partial charge in [-0.25, -0.2) is 0 Å². The van der Waals surface area contributed by atoms with E-state index in [2.05, 4.69) is 5.43 Å². The van der Waals surface area contributed by atoms with Crippen LogP contribution in [0.5, 0.6) is 5.75 Å². The van der Waals surface area contributed by atoms with Gasteiger partial charge >= 0.3 is 0 Å². The summed E-state index contributed by atoms with van der Waals surface area (Å²) in [7, 11) is 1.62. The summed E-state index contributed by atoms with van der Waals surface area (Å²) in [5.74, 6) is 0.826. The van der Waals surface area contributed by atoms with Crippen LogP contribution in [-0.4, -0.2) is 29.2 Å². The molecule has 0 saturated heterocycles. The first-order chi connectivity index (χ1) is 13.5. The van der Waals surface area contributed by atoms with E-state index in [9.17, 15) is 9.59 Å².